The third-order valence-electron chi connectivity index (χ3n) is 5.31. The summed E-state index contributed by atoms with van der Waals surface area (Å²) in [7, 11) is 0. The van der Waals surface area contributed by atoms with Gasteiger partial charge >= 0.3 is 0 Å². The summed E-state index contributed by atoms with van der Waals surface area (Å²) in [6.07, 6.45) is 6.64. The number of amides is 1. The van der Waals surface area contributed by atoms with Crippen LogP contribution in [0.1, 0.15) is 55.6 Å². The second-order valence-corrected chi connectivity index (χ2v) is 7.18. The second kappa shape index (κ2) is 8.89. The van der Waals surface area contributed by atoms with Crippen LogP contribution >= 0.6 is 0 Å². The summed E-state index contributed by atoms with van der Waals surface area (Å²) in [6, 6.07) is 10.4. The number of pyridine rings is 1. The number of benzene rings is 1. The maximum absolute atomic E-state index is 12.7. The zero-order valence-electron chi connectivity index (χ0n) is 16.6. The van der Waals surface area contributed by atoms with Crippen molar-refractivity contribution in [1.29, 1.82) is 0 Å². The summed E-state index contributed by atoms with van der Waals surface area (Å²) in [6.45, 7) is 8.24. The lowest BCUT2D eigenvalue weighted by Crippen LogP contribution is -2.22. The monoisotopic (exact) mass is 366 g/mol. The van der Waals surface area contributed by atoms with Gasteiger partial charge in [-0.3, -0.25) is 9.78 Å². The van der Waals surface area contributed by atoms with Crippen molar-refractivity contribution in [1.82, 2.24) is 4.98 Å². The Morgan fingerprint density at radius 1 is 1.15 bits per heavy atom. The number of aryl methyl sites for hydroxylation is 1. The molecule has 5 nitrogen and oxygen atoms in total. The van der Waals surface area contributed by atoms with Crippen LogP contribution in [0.4, 0.5) is 17.1 Å². The van der Waals surface area contributed by atoms with Crippen molar-refractivity contribution < 1.29 is 4.79 Å². The van der Waals surface area contributed by atoms with Crippen LogP contribution in [0, 0.1) is 6.92 Å². The fourth-order valence-electron chi connectivity index (χ4n) is 3.71. The van der Waals surface area contributed by atoms with Gasteiger partial charge in [-0.05, 0) is 69.5 Å². The first-order chi connectivity index (χ1) is 13.1. The molecule has 2 aromatic rings. The van der Waals surface area contributed by atoms with Gasteiger partial charge in [0.15, 0.2) is 0 Å². The van der Waals surface area contributed by atoms with Crippen molar-refractivity contribution in [3.8, 4) is 0 Å². The topological polar surface area (TPSA) is 57.3 Å². The van der Waals surface area contributed by atoms with Crippen LogP contribution in [0.5, 0.6) is 0 Å². The van der Waals surface area contributed by atoms with Crippen molar-refractivity contribution in [3.63, 3.8) is 0 Å². The summed E-state index contributed by atoms with van der Waals surface area (Å²) in [5, 5.41) is 6.52. The maximum atomic E-state index is 12.7. The summed E-state index contributed by atoms with van der Waals surface area (Å²) in [5.41, 5.74) is 4.46. The minimum Gasteiger partial charge on any atom is -0.382 e. The Kier molecular flexibility index (Phi) is 6.32. The third kappa shape index (κ3) is 4.79. The number of hydrogen-bond acceptors (Lipinski definition) is 4. The van der Waals surface area contributed by atoms with Gasteiger partial charge in [0, 0.05) is 42.4 Å². The molecule has 27 heavy (non-hydrogen) atoms. The van der Waals surface area contributed by atoms with Gasteiger partial charge in [-0.15, -0.1) is 0 Å². The van der Waals surface area contributed by atoms with E-state index in [-0.39, 0.29) is 5.91 Å². The molecule has 0 spiro atoms. The predicted octanol–water partition coefficient (Wildman–Crippen LogP) is 4.84. The van der Waals surface area contributed by atoms with E-state index in [2.05, 4.69) is 46.5 Å². The number of anilines is 3. The lowest BCUT2D eigenvalue weighted by atomic mass is 10.1. The zero-order valence-corrected chi connectivity index (χ0v) is 16.6. The molecule has 5 heteroatoms. The molecule has 1 aromatic heterocycles. The van der Waals surface area contributed by atoms with Gasteiger partial charge in [0.05, 0.1) is 0 Å². The van der Waals surface area contributed by atoms with E-state index in [1.165, 1.54) is 31.4 Å². The van der Waals surface area contributed by atoms with Gasteiger partial charge in [-0.25, -0.2) is 0 Å². The first kappa shape index (κ1) is 19.2. The van der Waals surface area contributed by atoms with Crippen LogP contribution in [0.2, 0.25) is 0 Å². The fourth-order valence-corrected chi connectivity index (χ4v) is 3.71. The highest BCUT2D eigenvalue weighted by Crippen LogP contribution is 2.24. The molecule has 1 aliphatic rings. The van der Waals surface area contributed by atoms with E-state index in [0.29, 0.717) is 11.7 Å². The Morgan fingerprint density at radius 2 is 1.89 bits per heavy atom. The molecule has 1 aromatic carbocycles. The summed E-state index contributed by atoms with van der Waals surface area (Å²) in [4.78, 5) is 19.2. The van der Waals surface area contributed by atoms with Crippen molar-refractivity contribution in [2.75, 3.05) is 28.6 Å². The number of aromatic nitrogens is 1. The second-order valence-electron chi connectivity index (χ2n) is 7.18. The Balaban J connectivity index is 1.69. The van der Waals surface area contributed by atoms with Crippen molar-refractivity contribution in [2.24, 2.45) is 0 Å². The van der Waals surface area contributed by atoms with Crippen LogP contribution in [-0.4, -0.2) is 30.0 Å². The highest BCUT2D eigenvalue weighted by molar-refractivity contribution is 6.03. The number of carbonyl (C=O) groups is 1. The van der Waals surface area contributed by atoms with E-state index in [9.17, 15) is 4.79 Å². The molecule has 0 unspecified atom stereocenters. The first-order valence-electron chi connectivity index (χ1n) is 10.00. The molecule has 1 heterocycles. The normalized spacial score (nSPS) is 14.2. The average Bonchev–Trinajstić information content (AvgIpc) is 3.18. The van der Waals surface area contributed by atoms with E-state index in [4.69, 9.17) is 0 Å². The molecular formula is C22H30N4O. The van der Waals surface area contributed by atoms with Crippen LogP contribution < -0.4 is 15.5 Å². The molecule has 0 aliphatic heterocycles. The van der Waals surface area contributed by atoms with Crippen molar-refractivity contribution in [3.05, 3.63) is 47.8 Å². The van der Waals surface area contributed by atoms with E-state index < -0.39 is 0 Å². The maximum Gasteiger partial charge on any atom is 0.274 e. The predicted molar refractivity (Wildman–Crippen MR) is 113 cm³/mol. The third-order valence-corrected chi connectivity index (χ3v) is 5.31. The van der Waals surface area contributed by atoms with E-state index in [1.807, 2.05) is 25.1 Å². The first-order valence-corrected chi connectivity index (χ1v) is 10.00. The zero-order chi connectivity index (χ0) is 19.2. The van der Waals surface area contributed by atoms with Crippen molar-refractivity contribution in [2.45, 2.75) is 52.5 Å². The number of nitrogens with zero attached hydrogens (tertiary/aromatic N) is 2. The van der Waals surface area contributed by atoms with E-state index in [1.54, 1.807) is 6.20 Å². The quantitative estimate of drug-likeness (QED) is 0.736. The molecule has 3 rings (SSSR count). The molecule has 0 radical (unpaired) electrons. The largest absolute Gasteiger partial charge is 0.382 e. The number of hydrogen-bond donors (Lipinski definition) is 2. The smallest absolute Gasteiger partial charge is 0.274 e. The molecule has 0 bridgehead atoms. The molecule has 2 N–H and O–H groups in total. The minimum absolute atomic E-state index is 0.177. The van der Waals surface area contributed by atoms with E-state index >= 15 is 0 Å². The molecule has 1 amide bonds. The van der Waals surface area contributed by atoms with Gasteiger partial charge in [0.2, 0.25) is 0 Å². The van der Waals surface area contributed by atoms with Gasteiger partial charge < -0.3 is 15.5 Å². The number of nitrogens with one attached hydrogen (secondary N) is 2. The lowest BCUT2D eigenvalue weighted by molar-refractivity contribution is 0.102. The average molecular weight is 367 g/mol. The summed E-state index contributed by atoms with van der Waals surface area (Å²) >= 11 is 0. The van der Waals surface area contributed by atoms with Crippen LogP contribution in [0.25, 0.3) is 0 Å². The minimum atomic E-state index is -0.177. The van der Waals surface area contributed by atoms with E-state index in [0.717, 1.165) is 30.0 Å². The summed E-state index contributed by atoms with van der Waals surface area (Å²) in [5.74, 6) is -0.177. The Morgan fingerprint density at radius 3 is 2.56 bits per heavy atom. The van der Waals surface area contributed by atoms with Gasteiger partial charge in [-0.1, -0.05) is 12.8 Å². The molecule has 1 fully saturated rings. The van der Waals surface area contributed by atoms with Crippen molar-refractivity contribution >= 4 is 23.0 Å². The van der Waals surface area contributed by atoms with Crippen LogP contribution in [0.3, 0.4) is 0 Å². The molecule has 0 atom stereocenters. The molecule has 1 aliphatic carbocycles. The highest BCUT2D eigenvalue weighted by Gasteiger charge is 2.16. The Hall–Kier alpha value is -2.56. The number of rotatable bonds is 7. The summed E-state index contributed by atoms with van der Waals surface area (Å²) < 4.78 is 0. The number of carbonyl (C=O) groups excluding carboxylic acids is 1. The molecule has 144 valence electrons. The van der Waals surface area contributed by atoms with Gasteiger partial charge in [-0.2, -0.15) is 0 Å². The standard InChI is InChI=1S/C22H30N4O/c1-4-26(5-2)19-10-11-20(16(3)14-19)25-22(27)21-15-18(12-13-23-21)24-17-8-6-7-9-17/h10-15,17H,4-9H2,1-3H3,(H,23,24)(H,25,27). The van der Waals surface area contributed by atoms with Gasteiger partial charge in [0.1, 0.15) is 5.69 Å². The fraction of sp³-hybridized carbons (Fsp3) is 0.455. The van der Waals surface area contributed by atoms with Gasteiger partial charge in [0.25, 0.3) is 5.91 Å². The Labute approximate surface area is 162 Å². The SMILES string of the molecule is CCN(CC)c1ccc(NC(=O)c2cc(NC3CCCC3)ccn2)c(C)c1. The molecule has 0 saturated heterocycles. The highest BCUT2D eigenvalue weighted by atomic mass is 16.1. The van der Waals surface area contributed by atoms with Crippen LogP contribution in [-0.2, 0) is 0 Å². The van der Waals surface area contributed by atoms with Crippen LogP contribution in [0.15, 0.2) is 36.5 Å². The Bertz CT molecular complexity index is 780. The molecular weight excluding hydrogens is 336 g/mol. The molecule has 1 saturated carbocycles. The lowest BCUT2D eigenvalue weighted by Gasteiger charge is -2.22.